The number of aliphatic hydroxyl groups is 1. The molecular weight excluding hydrogens is 176 g/mol. The number of aliphatic hydroxyl groups excluding tert-OH is 1. The van der Waals surface area contributed by atoms with Crippen molar-refractivity contribution in [2.45, 2.75) is 26.6 Å². The van der Waals surface area contributed by atoms with E-state index in [0.29, 0.717) is 6.61 Å². The lowest BCUT2D eigenvalue weighted by Crippen LogP contribution is -2.08. The molecule has 0 aliphatic heterocycles. The summed E-state index contributed by atoms with van der Waals surface area (Å²) < 4.78 is 5.09. The van der Waals surface area contributed by atoms with Gasteiger partial charge in [0, 0.05) is 7.11 Å². The Labute approximate surface area is 85.5 Å². The fourth-order valence-corrected chi connectivity index (χ4v) is 1.47. The van der Waals surface area contributed by atoms with Gasteiger partial charge in [-0.25, -0.2) is 0 Å². The Morgan fingerprint density at radius 3 is 2.50 bits per heavy atom. The smallest absolute Gasteiger partial charge is 0.0816 e. The van der Waals surface area contributed by atoms with Crippen molar-refractivity contribution in [2.24, 2.45) is 5.92 Å². The van der Waals surface area contributed by atoms with Crippen LogP contribution in [0.3, 0.4) is 0 Å². The average Bonchev–Trinajstić information content (AvgIpc) is 2.18. The molecule has 1 unspecified atom stereocenters. The minimum Gasteiger partial charge on any atom is -0.388 e. The maximum absolute atomic E-state index is 9.95. The van der Waals surface area contributed by atoms with Crippen molar-refractivity contribution in [1.29, 1.82) is 0 Å². The van der Waals surface area contributed by atoms with E-state index in [-0.39, 0.29) is 5.92 Å². The maximum atomic E-state index is 9.95. The van der Waals surface area contributed by atoms with Gasteiger partial charge in [-0.3, -0.25) is 0 Å². The molecule has 0 bridgehead atoms. The molecule has 0 amide bonds. The maximum Gasteiger partial charge on any atom is 0.0816 e. The Balaban J connectivity index is 2.94. The normalized spacial score (nSPS) is 13.2. The molecule has 0 spiro atoms. The zero-order valence-corrected chi connectivity index (χ0v) is 9.03. The van der Waals surface area contributed by atoms with Crippen LogP contribution in [0.1, 0.15) is 31.1 Å². The van der Waals surface area contributed by atoms with Crippen LogP contribution in [0.2, 0.25) is 0 Å². The SMILES string of the molecule is COCc1ccccc1C(O)C(C)C. The van der Waals surface area contributed by atoms with E-state index in [4.69, 9.17) is 4.74 Å². The molecule has 0 aliphatic carbocycles. The number of ether oxygens (including phenoxy) is 1. The summed E-state index contributed by atoms with van der Waals surface area (Å²) in [6.45, 7) is 4.57. The second-order valence-electron chi connectivity index (χ2n) is 3.82. The van der Waals surface area contributed by atoms with Crippen molar-refractivity contribution in [1.82, 2.24) is 0 Å². The Kier molecular flexibility index (Phi) is 4.11. The fraction of sp³-hybridized carbons (Fsp3) is 0.500. The van der Waals surface area contributed by atoms with Crippen molar-refractivity contribution >= 4 is 0 Å². The summed E-state index contributed by atoms with van der Waals surface area (Å²) in [5.41, 5.74) is 2.04. The molecule has 0 aliphatic rings. The number of rotatable bonds is 4. The Bertz CT molecular complexity index is 281. The molecule has 2 nitrogen and oxygen atoms in total. The van der Waals surface area contributed by atoms with E-state index < -0.39 is 6.10 Å². The van der Waals surface area contributed by atoms with E-state index in [0.717, 1.165) is 11.1 Å². The van der Waals surface area contributed by atoms with Crippen molar-refractivity contribution < 1.29 is 9.84 Å². The minimum absolute atomic E-state index is 0.230. The van der Waals surface area contributed by atoms with Gasteiger partial charge >= 0.3 is 0 Å². The summed E-state index contributed by atoms with van der Waals surface area (Å²) in [5.74, 6) is 0.230. The van der Waals surface area contributed by atoms with E-state index >= 15 is 0 Å². The first-order chi connectivity index (χ1) is 6.66. The van der Waals surface area contributed by atoms with Crippen LogP contribution >= 0.6 is 0 Å². The van der Waals surface area contributed by atoms with E-state index in [1.54, 1.807) is 7.11 Å². The fourth-order valence-electron chi connectivity index (χ4n) is 1.47. The molecule has 0 radical (unpaired) electrons. The van der Waals surface area contributed by atoms with Crippen LogP contribution in [0.5, 0.6) is 0 Å². The van der Waals surface area contributed by atoms with Crippen molar-refractivity contribution in [3.8, 4) is 0 Å². The summed E-state index contributed by atoms with van der Waals surface area (Å²) in [6, 6.07) is 7.86. The molecule has 2 heteroatoms. The van der Waals surface area contributed by atoms with Gasteiger partial charge in [0.05, 0.1) is 12.7 Å². The van der Waals surface area contributed by atoms with Gasteiger partial charge in [-0.15, -0.1) is 0 Å². The molecule has 1 rings (SSSR count). The first-order valence-corrected chi connectivity index (χ1v) is 4.91. The van der Waals surface area contributed by atoms with Gasteiger partial charge in [-0.1, -0.05) is 38.1 Å². The van der Waals surface area contributed by atoms with Crippen LogP contribution in [0.4, 0.5) is 0 Å². The van der Waals surface area contributed by atoms with Gasteiger partial charge in [0.2, 0.25) is 0 Å². The number of benzene rings is 1. The van der Waals surface area contributed by atoms with Crippen LogP contribution in [0.25, 0.3) is 0 Å². The lowest BCUT2D eigenvalue weighted by molar-refractivity contribution is 0.121. The third kappa shape index (κ3) is 2.56. The highest BCUT2D eigenvalue weighted by atomic mass is 16.5. The first-order valence-electron chi connectivity index (χ1n) is 4.91. The predicted molar refractivity (Wildman–Crippen MR) is 57.0 cm³/mol. The lowest BCUT2D eigenvalue weighted by Gasteiger charge is -2.18. The van der Waals surface area contributed by atoms with E-state index in [1.165, 1.54) is 0 Å². The van der Waals surface area contributed by atoms with Gasteiger partial charge in [0.25, 0.3) is 0 Å². The predicted octanol–water partition coefficient (Wildman–Crippen LogP) is 2.52. The molecule has 78 valence electrons. The zero-order valence-electron chi connectivity index (χ0n) is 9.03. The highest BCUT2D eigenvalue weighted by Gasteiger charge is 2.14. The molecule has 1 N–H and O–H groups in total. The van der Waals surface area contributed by atoms with Crippen LogP contribution < -0.4 is 0 Å². The Hall–Kier alpha value is -0.860. The van der Waals surface area contributed by atoms with Crippen LogP contribution in [0.15, 0.2) is 24.3 Å². The molecular formula is C12H18O2. The minimum atomic E-state index is -0.402. The highest BCUT2D eigenvalue weighted by molar-refractivity contribution is 5.28. The second-order valence-corrected chi connectivity index (χ2v) is 3.82. The van der Waals surface area contributed by atoms with Crippen LogP contribution in [-0.2, 0) is 11.3 Å². The molecule has 0 saturated carbocycles. The molecule has 1 aromatic rings. The zero-order chi connectivity index (χ0) is 10.6. The van der Waals surface area contributed by atoms with Gasteiger partial charge in [-0.05, 0) is 17.0 Å². The second kappa shape index (κ2) is 5.13. The monoisotopic (exact) mass is 194 g/mol. The summed E-state index contributed by atoms with van der Waals surface area (Å²) in [5, 5.41) is 9.95. The van der Waals surface area contributed by atoms with Crippen molar-refractivity contribution in [3.63, 3.8) is 0 Å². The van der Waals surface area contributed by atoms with Crippen LogP contribution in [0, 0.1) is 5.92 Å². The molecule has 0 fully saturated rings. The Morgan fingerprint density at radius 2 is 1.93 bits per heavy atom. The number of hydrogen-bond acceptors (Lipinski definition) is 2. The molecule has 0 saturated heterocycles. The standard InChI is InChI=1S/C12H18O2/c1-9(2)12(13)11-7-5-4-6-10(11)8-14-3/h4-7,9,12-13H,8H2,1-3H3. The molecule has 14 heavy (non-hydrogen) atoms. The van der Waals surface area contributed by atoms with Crippen molar-refractivity contribution in [2.75, 3.05) is 7.11 Å². The Morgan fingerprint density at radius 1 is 1.29 bits per heavy atom. The topological polar surface area (TPSA) is 29.5 Å². The number of hydrogen-bond donors (Lipinski definition) is 1. The summed E-state index contributed by atoms with van der Waals surface area (Å²) >= 11 is 0. The van der Waals surface area contributed by atoms with E-state index in [2.05, 4.69) is 0 Å². The van der Waals surface area contributed by atoms with Gasteiger partial charge < -0.3 is 9.84 Å². The summed E-state index contributed by atoms with van der Waals surface area (Å²) in [7, 11) is 1.67. The van der Waals surface area contributed by atoms with E-state index in [1.807, 2.05) is 38.1 Å². The molecule has 1 atom stereocenters. The average molecular weight is 194 g/mol. The summed E-state index contributed by atoms with van der Waals surface area (Å²) in [6.07, 6.45) is -0.402. The molecule has 1 aromatic carbocycles. The highest BCUT2D eigenvalue weighted by Crippen LogP contribution is 2.24. The van der Waals surface area contributed by atoms with E-state index in [9.17, 15) is 5.11 Å². The lowest BCUT2D eigenvalue weighted by atomic mass is 9.95. The third-order valence-corrected chi connectivity index (χ3v) is 2.31. The van der Waals surface area contributed by atoms with Gasteiger partial charge in [-0.2, -0.15) is 0 Å². The van der Waals surface area contributed by atoms with Gasteiger partial charge in [0.15, 0.2) is 0 Å². The number of methoxy groups -OCH3 is 1. The van der Waals surface area contributed by atoms with Gasteiger partial charge in [0.1, 0.15) is 0 Å². The van der Waals surface area contributed by atoms with Crippen LogP contribution in [-0.4, -0.2) is 12.2 Å². The summed E-state index contributed by atoms with van der Waals surface area (Å²) in [4.78, 5) is 0. The first kappa shape index (κ1) is 11.2. The third-order valence-electron chi connectivity index (χ3n) is 2.31. The largest absolute Gasteiger partial charge is 0.388 e. The van der Waals surface area contributed by atoms with Crippen molar-refractivity contribution in [3.05, 3.63) is 35.4 Å². The molecule has 0 heterocycles. The molecule has 0 aromatic heterocycles. The quantitative estimate of drug-likeness (QED) is 0.798.